The maximum atomic E-state index is 12.3. The van der Waals surface area contributed by atoms with Gasteiger partial charge >= 0.3 is 0 Å². The molecule has 18 heavy (non-hydrogen) atoms. The lowest BCUT2D eigenvalue weighted by Crippen LogP contribution is -2.40. The SMILES string of the molecule is Cc1n[nH]c(C)c1S(=O)(=O)NC1CCC(N)CC1. The van der Waals surface area contributed by atoms with Crippen molar-refractivity contribution >= 4 is 10.0 Å². The fourth-order valence-electron chi connectivity index (χ4n) is 2.45. The number of aromatic amines is 1. The highest BCUT2D eigenvalue weighted by Gasteiger charge is 2.27. The van der Waals surface area contributed by atoms with Gasteiger partial charge in [0.05, 0.1) is 11.4 Å². The summed E-state index contributed by atoms with van der Waals surface area (Å²) in [5.41, 5.74) is 6.89. The highest BCUT2D eigenvalue weighted by atomic mass is 32.2. The predicted molar refractivity (Wildman–Crippen MR) is 68.6 cm³/mol. The van der Waals surface area contributed by atoms with Crippen LogP contribution in [0, 0.1) is 13.8 Å². The molecule has 1 aromatic rings. The van der Waals surface area contributed by atoms with Crippen LogP contribution in [0.25, 0.3) is 0 Å². The molecule has 1 aromatic heterocycles. The molecule has 0 bridgehead atoms. The van der Waals surface area contributed by atoms with Crippen molar-refractivity contribution in [3.05, 3.63) is 11.4 Å². The number of hydrogen-bond donors (Lipinski definition) is 3. The van der Waals surface area contributed by atoms with Crippen LogP contribution in [0.1, 0.15) is 37.1 Å². The van der Waals surface area contributed by atoms with Crippen LogP contribution in [-0.2, 0) is 10.0 Å². The number of sulfonamides is 1. The van der Waals surface area contributed by atoms with Gasteiger partial charge in [-0.05, 0) is 39.5 Å². The summed E-state index contributed by atoms with van der Waals surface area (Å²) >= 11 is 0. The Bertz CT molecular complexity index is 496. The second-order valence-corrected chi connectivity index (χ2v) is 6.65. The number of aromatic nitrogens is 2. The standard InChI is InChI=1S/C11H20N4O2S/c1-7-11(8(2)14-13-7)18(16,17)15-10-5-3-9(12)4-6-10/h9-10,15H,3-6,12H2,1-2H3,(H,13,14). The van der Waals surface area contributed by atoms with E-state index in [1.165, 1.54) is 0 Å². The van der Waals surface area contributed by atoms with Gasteiger partial charge in [0.1, 0.15) is 4.90 Å². The molecule has 0 aromatic carbocycles. The number of H-pyrrole nitrogens is 1. The van der Waals surface area contributed by atoms with E-state index in [1.807, 2.05) is 0 Å². The molecule has 7 heteroatoms. The van der Waals surface area contributed by atoms with Crippen molar-refractivity contribution in [2.75, 3.05) is 0 Å². The van der Waals surface area contributed by atoms with E-state index < -0.39 is 10.0 Å². The van der Waals surface area contributed by atoms with Crippen LogP contribution in [0.15, 0.2) is 4.90 Å². The van der Waals surface area contributed by atoms with E-state index in [2.05, 4.69) is 14.9 Å². The topological polar surface area (TPSA) is 101 Å². The molecule has 0 spiro atoms. The van der Waals surface area contributed by atoms with Crippen molar-refractivity contribution in [2.24, 2.45) is 5.73 Å². The minimum absolute atomic E-state index is 0.0106. The molecular formula is C11H20N4O2S. The van der Waals surface area contributed by atoms with Gasteiger partial charge in [0.2, 0.25) is 10.0 Å². The van der Waals surface area contributed by atoms with Gasteiger partial charge in [-0.15, -0.1) is 0 Å². The van der Waals surface area contributed by atoms with Gasteiger partial charge in [0.25, 0.3) is 0 Å². The van der Waals surface area contributed by atoms with E-state index in [0.717, 1.165) is 25.7 Å². The van der Waals surface area contributed by atoms with Crippen molar-refractivity contribution in [2.45, 2.75) is 56.5 Å². The third kappa shape index (κ3) is 2.73. The Balaban J connectivity index is 2.13. The summed E-state index contributed by atoms with van der Waals surface area (Å²) in [7, 11) is -3.48. The third-order valence-corrected chi connectivity index (χ3v) is 5.21. The molecule has 4 N–H and O–H groups in total. The second kappa shape index (κ2) is 4.99. The largest absolute Gasteiger partial charge is 0.328 e. The van der Waals surface area contributed by atoms with Crippen molar-refractivity contribution in [3.63, 3.8) is 0 Å². The van der Waals surface area contributed by atoms with Crippen LogP contribution in [0.3, 0.4) is 0 Å². The Hall–Kier alpha value is -0.920. The molecular weight excluding hydrogens is 252 g/mol. The minimum atomic E-state index is -3.48. The average Bonchev–Trinajstić information content (AvgIpc) is 2.62. The van der Waals surface area contributed by atoms with Crippen LogP contribution in [0.4, 0.5) is 0 Å². The fourth-order valence-corrected chi connectivity index (χ4v) is 4.13. The fraction of sp³-hybridized carbons (Fsp3) is 0.727. The van der Waals surface area contributed by atoms with Crippen molar-refractivity contribution in [1.82, 2.24) is 14.9 Å². The number of rotatable bonds is 3. The first kappa shape index (κ1) is 13.5. The van der Waals surface area contributed by atoms with Gasteiger partial charge in [0, 0.05) is 12.1 Å². The number of aryl methyl sites for hydroxylation is 2. The van der Waals surface area contributed by atoms with Crippen molar-refractivity contribution in [3.8, 4) is 0 Å². The van der Waals surface area contributed by atoms with E-state index in [0.29, 0.717) is 11.4 Å². The Morgan fingerprint density at radius 1 is 1.28 bits per heavy atom. The number of nitrogens with one attached hydrogen (secondary N) is 2. The van der Waals surface area contributed by atoms with Gasteiger partial charge < -0.3 is 5.73 Å². The van der Waals surface area contributed by atoms with E-state index >= 15 is 0 Å². The Morgan fingerprint density at radius 3 is 2.39 bits per heavy atom. The monoisotopic (exact) mass is 272 g/mol. The normalized spacial score (nSPS) is 25.3. The average molecular weight is 272 g/mol. The molecule has 2 rings (SSSR count). The molecule has 0 aliphatic heterocycles. The lowest BCUT2D eigenvalue weighted by atomic mass is 9.93. The first-order chi connectivity index (χ1) is 8.40. The summed E-state index contributed by atoms with van der Waals surface area (Å²) in [4.78, 5) is 0.275. The Labute approximate surface area is 107 Å². The predicted octanol–water partition coefficient (Wildman–Crippen LogP) is 0.575. The molecule has 0 atom stereocenters. The molecule has 6 nitrogen and oxygen atoms in total. The zero-order chi connectivity index (χ0) is 13.3. The van der Waals surface area contributed by atoms with Crippen LogP contribution >= 0.6 is 0 Å². The summed E-state index contributed by atoms with van der Waals surface area (Å²) in [5, 5.41) is 6.62. The summed E-state index contributed by atoms with van der Waals surface area (Å²) in [6.45, 7) is 3.40. The molecule has 1 aliphatic rings. The first-order valence-electron chi connectivity index (χ1n) is 6.19. The highest BCUT2D eigenvalue weighted by molar-refractivity contribution is 7.89. The lowest BCUT2D eigenvalue weighted by Gasteiger charge is -2.26. The summed E-state index contributed by atoms with van der Waals surface area (Å²) < 4.78 is 27.3. The first-order valence-corrected chi connectivity index (χ1v) is 7.68. The maximum absolute atomic E-state index is 12.3. The van der Waals surface area contributed by atoms with E-state index in [-0.39, 0.29) is 17.0 Å². The van der Waals surface area contributed by atoms with Gasteiger partial charge in [-0.1, -0.05) is 0 Å². The molecule has 102 valence electrons. The zero-order valence-electron chi connectivity index (χ0n) is 10.7. The summed E-state index contributed by atoms with van der Waals surface area (Å²) in [5.74, 6) is 0. The molecule has 1 fully saturated rings. The van der Waals surface area contributed by atoms with E-state index in [4.69, 9.17) is 5.73 Å². The Kier molecular flexibility index (Phi) is 3.74. The highest BCUT2D eigenvalue weighted by Crippen LogP contribution is 2.21. The zero-order valence-corrected chi connectivity index (χ0v) is 11.5. The van der Waals surface area contributed by atoms with Crippen LogP contribution in [0.5, 0.6) is 0 Å². The van der Waals surface area contributed by atoms with Crippen molar-refractivity contribution in [1.29, 1.82) is 0 Å². The molecule has 0 unspecified atom stereocenters. The quantitative estimate of drug-likeness (QED) is 0.749. The van der Waals surface area contributed by atoms with Crippen LogP contribution in [0.2, 0.25) is 0 Å². The third-order valence-electron chi connectivity index (χ3n) is 3.42. The van der Waals surface area contributed by atoms with Crippen molar-refractivity contribution < 1.29 is 8.42 Å². The number of hydrogen-bond acceptors (Lipinski definition) is 4. The molecule has 1 aliphatic carbocycles. The molecule has 0 saturated heterocycles. The maximum Gasteiger partial charge on any atom is 0.244 e. The van der Waals surface area contributed by atoms with Gasteiger partial charge in [0.15, 0.2) is 0 Å². The van der Waals surface area contributed by atoms with Crippen LogP contribution < -0.4 is 10.5 Å². The summed E-state index contributed by atoms with van der Waals surface area (Å²) in [6, 6.07) is 0.201. The smallest absolute Gasteiger partial charge is 0.244 e. The molecule has 0 radical (unpaired) electrons. The molecule has 1 heterocycles. The lowest BCUT2D eigenvalue weighted by molar-refractivity contribution is 0.373. The number of nitrogens with two attached hydrogens (primary N) is 1. The number of nitrogens with zero attached hydrogens (tertiary/aromatic N) is 1. The van der Waals surface area contributed by atoms with E-state index in [9.17, 15) is 8.42 Å². The van der Waals surface area contributed by atoms with Crippen LogP contribution in [-0.4, -0.2) is 30.7 Å². The summed E-state index contributed by atoms with van der Waals surface area (Å²) in [6.07, 6.45) is 3.35. The minimum Gasteiger partial charge on any atom is -0.328 e. The molecule has 1 saturated carbocycles. The second-order valence-electron chi connectivity index (χ2n) is 5.00. The van der Waals surface area contributed by atoms with E-state index in [1.54, 1.807) is 13.8 Å². The molecule has 0 amide bonds. The van der Waals surface area contributed by atoms with Gasteiger partial charge in [-0.3, -0.25) is 5.10 Å². The van der Waals surface area contributed by atoms with Gasteiger partial charge in [-0.25, -0.2) is 13.1 Å². The Morgan fingerprint density at radius 2 is 1.89 bits per heavy atom. The van der Waals surface area contributed by atoms with Gasteiger partial charge in [-0.2, -0.15) is 5.10 Å².